The summed E-state index contributed by atoms with van der Waals surface area (Å²) in [7, 11) is 0. The van der Waals surface area contributed by atoms with E-state index in [0.717, 1.165) is 11.4 Å². The lowest BCUT2D eigenvalue weighted by atomic mass is 10.3. The molecule has 0 bridgehead atoms. The number of hydrogen-bond donors (Lipinski definition) is 1. The van der Waals surface area contributed by atoms with Crippen LogP contribution in [0.15, 0.2) is 17.1 Å². The van der Waals surface area contributed by atoms with Crippen molar-refractivity contribution in [1.29, 1.82) is 0 Å². The lowest BCUT2D eigenvalue weighted by Gasteiger charge is -1.94. The van der Waals surface area contributed by atoms with Crippen molar-refractivity contribution >= 4 is 11.3 Å². The molecular formula is C8H10N4OS. The van der Waals surface area contributed by atoms with Gasteiger partial charge in [-0.2, -0.15) is 0 Å². The summed E-state index contributed by atoms with van der Waals surface area (Å²) in [6, 6.07) is 0. The molecule has 0 unspecified atom stereocenters. The van der Waals surface area contributed by atoms with Crippen molar-refractivity contribution in [3.05, 3.63) is 28.5 Å². The number of aliphatic hydroxyl groups is 1. The van der Waals surface area contributed by atoms with Crippen molar-refractivity contribution in [2.75, 3.05) is 6.61 Å². The molecule has 2 aromatic rings. The van der Waals surface area contributed by atoms with Crippen LogP contribution in [0.25, 0.3) is 0 Å². The van der Waals surface area contributed by atoms with Crippen molar-refractivity contribution in [3.8, 4) is 0 Å². The van der Waals surface area contributed by atoms with Crippen LogP contribution in [0, 0.1) is 0 Å². The number of hydrogen-bond acceptors (Lipinski definition) is 5. The van der Waals surface area contributed by atoms with Gasteiger partial charge in [0.2, 0.25) is 0 Å². The minimum atomic E-state index is 0.107. The van der Waals surface area contributed by atoms with E-state index in [1.807, 2.05) is 11.6 Å². The molecule has 5 nitrogen and oxygen atoms in total. The third-order valence-corrected chi connectivity index (χ3v) is 2.40. The second-order valence-corrected chi connectivity index (χ2v) is 3.58. The van der Waals surface area contributed by atoms with Crippen molar-refractivity contribution in [3.63, 3.8) is 0 Å². The Morgan fingerprint density at radius 3 is 3.07 bits per heavy atom. The van der Waals surface area contributed by atoms with Crippen molar-refractivity contribution < 1.29 is 5.11 Å². The van der Waals surface area contributed by atoms with E-state index < -0.39 is 0 Å². The Labute approximate surface area is 85.0 Å². The zero-order valence-corrected chi connectivity index (χ0v) is 8.31. The van der Waals surface area contributed by atoms with Crippen LogP contribution < -0.4 is 0 Å². The van der Waals surface area contributed by atoms with Crippen LogP contribution in [0.3, 0.4) is 0 Å². The molecule has 0 saturated heterocycles. The highest BCUT2D eigenvalue weighted by Gasteiger charge is 2.01. The highest BCUT2D eigenvalue weighted by Crippen LogP contribution is 2.03. The summed E-state index contributed by atoms with van der Waals surface area (Å²) in [5.74, 6) is 0. The van der Waals surface area contributed by atoms with Gasteiger partial charge in [-0.1, -0.05) is 5.21 Å². The summed E-state index contributed by atoms with van der Waals surface area (Å²) < 4.78 is 1.72. The molecule has 0 radical (unpaired) electrons. The molecule has 2 heterocycles. The van der Waals surface area contributed by atoms with E-state index >= 15 is 0 Å². The van der Waals surface area contributed by atoms with Gasteiger partial charge in [-0.15, -0.1) is 16.4 Å². The maximum Gasteiger partial charge on any atom is 0.0857 e. The van der Waals surface area contributed by atoms with Gasteiger partial charge in [-0.05, 0) is 0 Å². The van der Waals surface area contributed by atoms with Crippen molar-refractivity contribution in [1.82, 2.24) is 20.0 Å². The predicted molar refractivity (Wildman–Crippen MR) is 52.0 cm³/mol. The van der Waals surface area contributed by atoms with Crippen LogP contribution >= 0.6 is 11.3 Å². The molecule has 0 saturated carbocycles. The lowest BCUT2D eigenvalue weighted by molar-refractivity contribution is 0.298. The first-order valence-electron chi connectivity index (χ1n) is 4.25. The minimum Gasteiger partial charge on any atom is -0.396 e. The van der Waals surface area contributed by atoms with Gasteiger partial charge >= 0.3 is 0 Å². The fraction of sp³-hybridized carbons (Fsp3) is 0.375. The molecule has 74 valence electrons. The van der Waals surface area contributed by atoms with Gasteiger partial charge in [-0.25, -0.2) is 9.67 Å². The predicted octanol–water partition coefficient (Wildman–Crippen LogP) is 0.318. The number of thiazole rings is 1. The average molecular weight is 210 g/mol. The summed E-state index contributed by atoms with van der Waals surface area (Å²) in [5.41, 5.74) is 3.58. The number of aromatic nitrogens is 4. The van der Waals surface area contributed by atoms with Crippen LogP contribution in [0.5, 0.6) is 0 Å². The SMILES string of the molecule is OCCc1cn(Cc2cscn2)nn1. The Hall–Kier alpha value is -1.27. The van der Waals surface area contributed by atoms with E-state index in [9.17, 15) is 0 Å². The highest BCUT2D eigenvalue weighted by atomic mass is 32.1. The molecule has 2 rings (SSSR count). The smallest absolute Gasteiger partial charge is 0.0857 e. The van der Waals surface area contributed by atoms with Gasteiger partial charge in [-0.3, -0.25) is 0 Å². The quantitative estimate of drug-likeness (QED) is 0.789. The van der Waals surface area contributed by atoms with E-state index in [0.29, 0.717) is 13.0 Å². The van der Waals surface area contributed by atoms with Gasteiger partial charge in [0.15, 0.2) is 0 Å². The van der Waals surface area contributed by atoms with E-state index in [1.54, 1.807) is 21.5 Å². The molecule has 1 N–H and O–H groups in total. The topological polar surface area (TPSA) is 63.8 Å². The van der Waals surface area contributed by atoms with Gasteiger partial charge < -0.3 is 5.11 Å². The summed E-state index contributed by atoms with van der Waals surface area (Å²) in [6.07, 6.45) is 2.38. The Kier molecular flexibility index (Phi) is 2.85. The molecule has 0 amide bonds. The maximum absolute atomic E-state index is 8.70. The first-order chi connectivity index (χ1) is 6.88. The molecule has 6 heteroatoms. The van der Waals surface area contributed by atoms with Crippen LogP contribution in [0.4, 0.5) is 0 Å². The van der Waals surface area contributed by atoms with E-state index in [4.69, 9.17) is 5.11 Å². The fourth-order valence-electron chi connectivity index (χ4n) is 1.13. The average Bonchev–Trinajstić information content (AvgIpc) is 2.79. The Morgan fingerprint density at radius 1 is 1.43 bits per heavy atom. The molecule has 2 aromatic heterocycles. The van der Waals surface area contributed by atoms with E-state index in [2.05, 4.69) is 15.3 Å². The van der Waals surface area contributed by atoms with E-state index in [1.165, 1.54) is 0 Å². The number of rotatable bonds is 4. The summed E-state index contributed by atoms with van der Waals surface area (Å²) in [6.45, 7) is 0.747. The van der Waals surface area contributed by atoms with Crippen LogP contribution in [0.1, 0.15) is 11.4 Å². The van der Waals surface area contributed by atoms with E-state index in [-0.39, 0.29) is 6.61 Å². The third kappa shape index (κ3) is 2.15. The molecule has 0 aliphatic rings. The molecule has 0 aliphatic heterocycles. The molecule has 0 fully saturated rings. The highest BCUT2D eigenvalue weighted by molar-refractivity contribution is 7.07. The molecule has 0 atom stereocenters. The van der Waals surface area contributed by atoms with Crippen LogP contribution in [0.2, 0.25) is 0 Å². The van der Waals surface area contributed by atoms with Gasteiger partial charge in [0.1, 0.15) is 0 Å². The van der Waals surface area contributed by atoms with Crippen LogP contribution in [-0.4, -0.2) is 31.7 Å². The number of nitrogens with zero attached hydrogens (tertiary/aromatic N) is 4. The monoisotopic (exact) mass is 210 g/mol. The zero-order valence-electron chi connectivity index (χ0n) is 7.50. The normalized spacial score (nSPS) is 10.6. The second-order valence-electron chi connectivity index (χ2n) is 2.86. The third-order valence-electron chi connectivity index (χ3n) is 1.76. The first-order valence-corrected chi connectivity index (χ1v) is 5.19. The van der Waals surface area contributed by atoms with Crippen molar-refractivity contribution in [2.45, 2.75) is 13.0 Å². The Balaban J connectivity index is 2.03. The first kappa shape index (κ1) is 9.29. The number of aliphatic hydroxyl groups excluding tert-OH is 1. The maximum atomic E-state index is 8.70. The molecule has 0 aromatic carbocycles. The standard InChI is InChI=1S/C8H10N4OS/c13-2-1-7-3-12(11-10-7)4-8-5-14-6-9-8/h3,5-6,13H,1-2,4H2. The summed E-state index contributed by atoms with van der Waals surface area (Å²) in [4.78, 5) is 4.15. The Bertz CT molecular complexity index is 384. The van der Waals surface area contributed by atoms with Gasteiger partial charge in [0.05, 0.1) is 23.4 Å². The lowest BCUT2D eigenvalue weighted by Crippen LogP contribution is -2.00. The second kappa shape index (κ2) is 4.30. The minimum absolute atomic E-state index is 0.107. The van der Waals surface area contributed by atoms with Gasteiger partial charge in [0.25, 0.3) is 0 Å². The molecule has 0 aliphatic carbocycles. The van der Waals surface area contributed by atoms with Gasteiger partial charge in [0, 0.05) is 24.6 Å². The summed E-state index contributed by atoms with van der Waals surface area (Å²) >= 11 is 1.56. The fourth-order valence-corrected chi connectivity index (χ4v) is 1.68. The molecule has 0 spiro atoms. The largest absolute Gasteiger partial charge is 0.396 e. The van der Waals surface area contributed by atoms with Crippen LogP contribution in [-0.2, 0) is 13.0 Å². The summed E-state index contributed by atoms with van der Waals surface area (Å²) in [5, 5.41) is 18.5. The van der Waals surface area contributed by atoms with Crippen molar-refractivity contribution in [2.24, 2.45) is 0 Å². The Morgan fingerprint density at radius 2 is 2.36 bits per heavy atom. The zero-order chi connectivity index (χ0) is 9.80. The molecular weight excluding hydrogens is 200 g/mol. The molecule has 14 heavy (non-hydrogen) atoms.